The summed E-state index contributed by atoms with van der Waals surface area (Å²) < 4.78 is 27.6. The predicted octanol–water partition coefficient (Wildman–Crippen LogP) is 4.39. The van der Waals surface area contributed by atoms with Crippen molar-refractivity contribution >= 4 is 39.1 Å². The molecule has 0 unspecified atom stereocenters. The highest BCUT2D eigenvalue weighted by Crippen LogP contribution is 2.27. The van der Waals surface area contributed by atoms with E-state index in [4.69, 9.17) is 11.6 Å². The molecule has 2 amide bonds. The van der Waals surface area contributed by atoms with Crippen molar-refractivity contribution in [2.75, 3.05) is 31.5 Å². The Labute approximate surface area is 199 Å². The Hall–Kier alpha value is -2.42. The number of anilines is 1. The lowest BCUT2D eigenvalue weighted by atomic mass is 10.1. The Morgan fingerprint density at radius 3 is 2.15 bits per heavy atom. The third-order valence-electron chi connectivity index (χ3n) is 6.18. The predicted molar refractivity (Wildman–Crippen MR) is 128 cm³/mol. The molecule has 0 bridgehead atoms. The lowest BCUT2D eigenvalue weighted by Crippen LogP contribution is -2.36. The summed E-state index contributed by atoms with van der Waals surface area (Å²) in [5.74, 6) is -0.687. The van der Waals surface area contributed by atoms with Crippen LogP contribution in [-0.4, -0.2) is 55.6 Å². The molecule has 0 spiro atoms. The number of para-hydroxylation sites is 1. The van der Waals surface area contributed by atoms with Crippen LogP contribution in [0.2, 0.25) is 5.02 Å². The van der Waals surface area contributed by atoms with E-state index in [0.717, 1.165) is 38.5 Å². The lowest BCUT2D eigenvalue weighted by Gasteiger charge is -2.27. The first kappa shape index (κ1) is 23.7. The number of likely N-dealkylation sites (tertiary alicyclic amines) is 1. The molecule has 9 heteroatoms. The molecule has 2 saturated heterocycles. The molecule has 1 N–H and O–H groups in total. The SMILES string of the molecule is O=C(Nc1ccccc1C(=O)N1CCCCC1)c1cc(S(=O)(=O)N2CCCCC2)ccc1Cl. The van der Waals surface area contributed by atoms with Crippen LogP contribution in [0.3, 0.4) is 0 Å². The summed E-state index contributed by atoms with van der Waals surface area (Å²) in [6, 6.07) is 11.0. The molecule has 7 nitrogen and oxygen atoms in total. The van der Waals surface area contributed by atoms with Crippen LogP contribution in [0.4, 0.5) is 5.69 Å². The van der Waals surface area contributed by atoms with Crippen LogP contribution in [0, 0.1) is 0 Å². The number of amides is 2. The fourth-order valence-corrected chi connectivity index (χ4v) is 6.08. The van der Waals surface area contributed by atoms with E-state index in [9.17, 15) is 18.0 Å². The smallest absolute Gasteiger partial charge is 0.257 e. The highest BCUT2D eigenvalue weighted by atomic mass is 35.5. The van der Waals surface area contributed by atoms with E-state index in [1.165, 1.54) is 22.5 Å². The van der Waals surface area contributed by atoms with Crippen molar-refractivity contribution in [3.8, 4) is 0 Å². The molecule has 0 saturated carbocycles. The summed E-state index contributed by atoms with van der Waals surface area (Å²) in [5, 5.41) is 2.91. The third-order valence-corrected chi connectivity index (χ3v) is 8.41. The molecular formula is C24H28ClN3O4S. The Morgan fingerprint density at radius 1 is 0.818 bits per heavy atom. The monoisotopic (exact) mass is 489 g/mol. The van der Waals surface area contributed by atoms with E-state index in [1.54, 1.807) is 29.2 Å². The number of hydrogen-bond donors (Lipinski definition) is 1. The quantitative estimate of drug-likeness (QED) is 0.674. The maximum atomic E-state index is 13.1. The summed E-state index contributed by atoms with van der Waals surface area (Å²) >= 11 is 6.27. The summed E-state index contributed by atoms with van der Waals surface area (Å²) in [6.07, 6.45) is 5.69. The molecule has 0 aliphatic carbocycles. The molecule has 0 aromatic heterocycles. The van der Waals surface area contributed by atoms with Gasteiger partial charge in [0.2, 0.25) is 10.0 Å². The van der Waals surface area contributed by atoms with Crippen molar-refractivity contribution in [2.24, 2.45) is 0 Å². The number of piperidine rings is 2. The standard InChI is InChI=1S/C24H28ClN3O4S/c25-21-12-11-18(33(31,32)28-15-7-2-8-16-28)17-20(21)23(29)26-22-10-4-3-9-19(22)24(30)27-13-5-1-6-14-27/h3-4,9-12,17H,1-2,5-8,13-16H2,(H,26,29). The maximum Gasteiger partial charge on any atom is 0.257 e. The molecule has 0 radical (unpaired) electrons. The third kappa shape index (κ3) is 5.23. The van der Waals surface area contributed by atoms with E-state index >= 15 is 0 Å². The van der Waals surface area contributed by atoms with Crippen LogP contribution in [0.1, 0.15) is 59.2 Å². The van der Waals surface area contributed by atoms with Gasteiger partial charge in [-0.3, -0.25) is 9.59 Å². The van der Waals surface area contributed by atoms with Gasteiger partial charge in [0.15, 0.2) is 0 Å². The summed E-state index contributed by atoms with van der Waals surface area (Å²) in [4.78, 5) is 28.0. The molecule has 2 aromatic rings. The van der Waals surface area contributed by atoms with Gasteiger partial charge in [-0.05, 0) is 62.4 Å². The van der Waals surface area contributed by atoms with Crippen LogP contribution in [0.5, 0.6) is 0 Å². The highest BCUT2D eigenvalue weighted by molar-refractivity contribution is 7.89. The van der Waals surface area contributed by atoms with Gasteiger partial charge < -0.3 is 10.2 Å². The number of halogens is 1. The van der Waals surface area contributed by atoms with Gasteiger partial charge in [-0.1, -0.05) is 30.2 Å². The molecule has 4 rings (SSSR count). The molecular weight excluding hydrogens is 462 g/mol. The first-order valence-electron chi connectivity index (χ1n) is 11.4. The minimum absolute atomic E-state index is 0.0385. The fourth-order valence-electron chi connectivity index (χ4n) is 4.33. The van der Waals surface area contributed by atoms with Gasteiger partial charge in [-0.2, -0.15) is 4.31 Å². The van der Waals surface area contributed by atoms with Gasteiger partial charge >= 0.3 is 0 Å². The van der Waals surface area contributed by atoms with E-state index in [2.05, 4.69) is 5.32 Å². The number of carbonyl (C=O) groups is 2. The largest absolute Gasteiger partial charge is 0.339 e. The van der Waals surface area contributed by atoms with Crippen molar-refractivity contribution in [3.63, 3.8) is 0 Å². The van der Waals surface area contributed by atoms with Crippen molar-refractivity contribution in [1.82, 2.24) is 9.21 Å². The number of hydrogen-bond acceptors (Lipinski definition) is 4. The first-order valence-corrected chi connectivity index (χ1v) is 13.2. The number of carbonyl (C=O) groups excluding carboxylic acids is 2. The van der Waals surface area contributed by atoms with Crippen molar-refractivity contribution in [3.05, 3.63) is 58.6 Å². The van der Waals surface area contributed by atoms with E-state index in [1.807, 2.05) is 0 Å². The van der Waals surface area contributed by atoms with Gasteiger partial charge in [0.1, 0.15) is 0 Å². The van der Waals surface area contributed by atoms with Crippen molar-refractivity contribution in [1.29, 1.82) is 0 Å². The van der Waals surface area contributed by atoms with Crippen LogP contribution < -0.4 is 5.32 Å². The Morgan fingerprint density at radius 2 is 1.45 bits per heavy atom. The van der Waals surface area contributed by atoms with Crippen LogP contribution >= 0.6 is 11.6 Å². The van der Waals surface area contributed by atoms with Crippen LogP contribution in [0.25, 0.3) is 0 Å². The average molecular weight is 490 g/mol. The van der Waals surface area contributed by atoms with Crippen LogP contribution in [-0.2, 0) is 10.0 Å². The summed E-state index contributed by atoms with van der Waals surface area (Å²) in [6.45, 7) is 2.34. The van der Waals surface area contributed by atoms with E-state index < -0.39 is 15.9 Å². The van der Waals surface area contributed by atoms with E-state index in [-0.39, 0.29) is 21.4 Å². The van der Waals surface area contributed by atoms with Gasteiger partial charge in [-0.15, -0.1) is 0 Å². The topological polar surface area (TPSA) is 86.8 Å². The molecule has 2 heterocycles. The summed E-state index contributed by atoms with van der Waals surface area (Å²) in [5.41, 5.74) is 0.828. The minimum atomic E-state index is -3.71. The zero-order chi connectivity index (χ0) is 23.4. The Balaban J connectivity index is 1.58. The van der Waals surface area contributed by atoms with Crippen molar-refractivity contribution < 1.29 is 18.0 Å². The molecule has 2 aliphatic heterocycles. The number of rotatable bonds is 5. The fraction of sp³-hybridized carbons (Fsp3) is 0.417. The van der Waals surface area contributed by atoms with Crippen molar-refractivity contribution in [2.45, 2.75) is 43.4 Å². The number of sulfonamides is 1. The number of nitrogens with one attached hydrogen (secondary N) is 1. The molecule has 2 aliphatic rings. The molecule has 0 atom stereocenters. The molecule has 33 heavy (non-hydrogen) atoms. The second-order valence-corrected chi connectivity index (χ2v) is 10.8. The molecule has 2 fully saturated rings. The minimum Gasteiger partial charge on any atom is -0.339 e. The Kier molecular flexibility index (Phi) is 7.36. The highest BCUT2D eigenvalue weighted by Gasteiger charge is 2.28. The van der Waals surface area contributed by atoms with E-state index in [0.29, 0.717) is 37.4 Å². The van der Waals surface area contributed by atoms with Gasteiger partial charge in [0.25, 0.3) is 11.8 Å². The number of nitrogens with zero attached hydrogens (tertiary/aromatic N) is 2. The molecule has 176 valence electrons. The second-order valence-electron chi connectivity index (χ2n) is 8.46. The average Bonchev–Trinajstić information content (AvgIpc) is 2.85. The normalized spacial score (nSPS) is 17.5. The van der Waals surface area contributed by atoms with Gasteiger partial charge in [0, 0.05) is 26.2 Å². The second kappa shape index (κ2) is 10.2. The zero-order valence-corrected chi connectivity index (χ0v) is 20.0. The van der Waals surface area contributed by atoms with Crippen LogP contribution in [0.15, 0.2) is 47.4 Å². The summed E-state index contributed by atoms with van der Waals surface area (Å²) in [7, 11) is -3.71. The lowest BCUT2D eigenvalue weighted by molar-refractivity contribution is 0.0725. The first-order chi connectivity index (χ1) is 15.9. The van der Waals surface area contributed by atoms with Gasteiger partial charge in [0.05, 0.1) is 26.7 Å². The maximum absolute atomic E-state index is 13.1. The number of benzene rings is 2. The Bertz CT molecular complexity index is 1140. The molecule has 2 aromatic carbocycles. The van der Waals surface area contributed by atoms with Gasteiger partial charge in [-0.25, -0.2) is 8.42 Å². The zero-order valence-electron chi connectivity index (χ0n) is 18.4.